The number of carbonyl (C=O) groups is 1. The van der Waals surface area contributed by atoms with Crippen molar-refractivity contribution in [2.24, 2.45) is 0 Å². The Labute approximate surface area is 125 Å². The number of hydrogen-bond donors (Lipinski definition) is 1. The quantitative estimate of drug-likeness (QED) is 0.680. The van der Waals surface area contributed by atoms with Gasteiger partial charge in [-0.15, -0.1) is 11.8 Å². The van der Waals surface area contributed by atoms with Gasteiger partial charge in [-0.1, -0.05) is 18.2 Å². The SMILES string of the molecule is Cc1cc(NC(=O)CSc2ccccc2)cnc1Br. The second-order valence-electron chi connectivity index (χ2n) is 3.98. The van der Waals surface area contributed by atoms with Gasteiger partial charge < -0.3 is 5.32 Å². The number of thioether (sulfide) groups is 1. The van der Waals surface area contributed by atoms with E-state index >= 15 is 0 Å². The maximum Gasteiger partial charge on any atom is 0.234 e. The third-order valence-electron chi connectivity index (χ3n) is 2.41. The van der Waals surface area contributed by atoms with Crippen LogP contribution in [0.25, 0.3) is 0 Å². The van der Waals surface area contributed by atoms with Crippen LogP contribution in [0.1, 0.15) is 5.56 Å². The number of anilines is 1. The number of nitrogens with zero attached hydrogens (tertiary/aromatic N) is 1. The van der Waals surface area contributed by atoms with Crippen molar-refractivity contribution in [1.82, 2.24) is 4.98 Å². The number of pyridine rings is 1. The smallest absolute Gasteiger partial charge is 0.234 e. The van der Waals surface area contributed by atoms with E-state index < -0.39 is 0 Å². The molecule has 0 bridgehead atoms. The molecule has 1 heterocycles. The maximum absolute atomic E-state index is 11.8. The third-order valence-corrected chi connectivity index (χ3v) is 4.25. The lowest BCUT2D eigenvalue weighted by Crippen LogP contribution is -2.14. The van der Waals surface area contributed by atoms with E-state index in [-0.39, 0.29) is 5.91 Å². The predicted molar refractivity (Wildman–Crippen MR) is 82.5 cm³/mol. The highest BCUT2D eigenvalue weighted by atomic mass is 79.9. The van der Waals surface area contributed by atoms with E-state index in [2.05, 4.69) is 26.2 Å². The Morgan fingerprint density at radius 3 is 2.79 bits per heavy atom. The van der Waals surface area contributed by atoms with Gasteiger partial charge in [-0.3, -0.25) is 4.79 Å². The van der Waals surface area contributed by atoms with E-state index in [1.54, 1.807) is 6.20 Å². The number of hydrogen-bond acceptors (Lipinski definition) is 3. The Kier molecular flexibility index (Phi) is 4.99. The Bertz CT molecular complexity index is 575. The van der Waals surface area contributed by atoms with E-state index in [0.29, 0.717) is 5.75 Å². The third kappa shape index (κ3) is 4.36. The summed E-state index contributed by atoms with van der Waals surface area (Å²) in [6, 6.07) is 11.7. The zero-order valence-corrected chi connectivity index (χ0v) is 12.8. The van der Waals surface area contributed by atoms with Gasteiger partial charge >= 0.3 is 0 Å². The fourth-order valence-electron chi connectivity index (χ4n) is 1.49. The number of aromatic nitrogens is 1. The van der Waals surface area contributed by atoms with Crippen LogP contribution >= 0.6 is 27.7 Å². The van der Waals surface area contributed by atoms with Crippen LogP contribution in [0.4, 0.5) is 5.69 Å². The lowest BCUT2D eigenvalue weighted by atomic mass is 10.3. The molecule has 1 aromatic carbocycles. The molecule has 1 aromatic heterocycles. The minimum atomic E-state index is -0.0302. The highest BCUT2D eigenvalue weighted by Gasteiger charge is 2.05. The molecule has 19 heavy (non-hydrogen) atoms. The van der Waals surface area contributed by atoms with Crippen molar-refractivity contribution in [3.63, 3.8) is 0 Å². The van der Waals surface area contributed by atoms with Gasteiger partial charge in [0.2, 0.25) is 5.91 Å². The standard InChI is InChI=1S/C14H13BrN2OS/c1-10-7-11(8-16-14(10)15)17-13(18)9-19-12-5-3-2-4-6-12/h2-8H,9H2,1H3,(H,17,18). The zero-order chi connectivity index (χ0) is 13.7. The number of amides is 1. The summed E-state index contributed by atoms with van der Waals surface area (Å²) in [5, 5.41) is 2.84. The summed E-state index contributed by atoms with van der Waals surface area (Å²) < 4.78 is 0.796. The number of nitrogens with one attached hydrogen (secondary N) is 1. The summed E-state index contributed by atoms with van der Waals surface area (Å²) in [6.45, 7) is 1.94. The Balaban J connectivity index is 1.89. The lowest BCUT2D eigenvalue weighted by molar-refractivity contribution is -0.113. The molecule has 2 aromatic rings. The first-order valence-corrected chi connectivity index (χ1v) is 7.53. The van der Waals surface area contributed by atoms with Crippen molar-refractivity contribution in [3.05, 3.63) is 52.8 Å². The molecular formula is C14H13BrN2OS. The molecule has 2 rings (SSSR count). The molecule has 0 atom stereocenters. The second kappa shape index (κ2) is 6.73. The van der Waals surface area contributed by atoms with Gasteiger partial charge in [0.15, 0.2) is 0 Å². The van der Waals surface area contributed by atoms with Crippen LogP contribution in [0, 0.1) is 6.92 Å². The molecule has 0 spiro atoms. The molecule has 0 saturated heterocycles. The topological polar surface area (TPSA) is 42.0 Å². The van der Waals surface area contributed by atoms with Crippen LogP contribution in [0.2, 0.25) is 0 Å². The van der Waals surface area contributed by atoms with Crippen LogP contribution in [-0.2, 0) is 4.79 Å². The predicted octanol–water partition coefficient (Wildman–Crippen LogP) is 3.88. The Morgan fingerprint density at radius 2 is 2.11 bits per heavy atom. The Morgan fingerprint density at radius 1 is 1.37 bits per heavy atom. The summed E-state index contributed by atoms with van der Waals surface area (Å²) in [5.41, 5.74) is 1.72. The zero-order valence-electron chi connectivity index (χ0n) is 10.4. The second-order valence-corrected chi connectivity index (χ2v) is 5.78. The molecular weight excluding hydrogens is 324 g/mol. The van der Waals surface area contributed by atoms with E-state index in [1.165, 1.54) is 11.8 Å². The van der Waals surface area contributed by atoms with Crippen molar-refractivity contribution in [2.75, 3.05) is 11.1 Å². The van der Waals surface area contributed by atoms with Gasteiger partial charge in [0.05, 0.1) is 17.6 Å². The van der Waals surface area contributed by atoms with E-state index in [1.807, 2.05) is 43.3 Å². The van der Waals surface area contributed by atoms with Crippen LogP contribution in [0.3, 0.4) is 0 Å². The molecule has 0 unspecified atom stereocenters. The minimum absolute atomic E-state index is 0.0302. The van der Waals surface area contributed by atoms with Crippen molar-refractivity contribution in [1.29, 1.82) is 0 Å². The largest absolute Gasteiger partial charge is 0.324 e. The maximum atomic E-state index is 11.8. The molecule has 98 valence electrons. The average Bonchev–Trinajstić information content (AvgIpc) is 2.42. The average molecular weight is 337 g/mol. The molecule has 5 heteroatoms. The summed E-state index contributed by atoms with van der Waals surface area (Å²) in [5.74, 6) is 0.358. The van der Waals surface area contributed by atoms with Gasteiger partial charge in [-0.25, -0.2) is 4.98 Å². The van der Waals surface area contributed by atoms with Crippen molar-refractivity contribution >= 4 is 39.3 Å². The molecule has 0 aliphatic heterocycles. The van der Waals surface area contributed by atoms with Crippen molar-refractivity contribution < 1.29 is 4.79 Å². The van der Waals surface area contributed by atoms with Crippen molar-refractivity contribution in [2.45, 2.75) is 11.8 Å². The fourth-order valence-corrected chi connectivity index (χ4v) is 2.43. The first-order chi connectivity index (χ1) is 9.15. The highest BCUT2D eigenvalue weighted by molar-refractivity contribution is 9.10. The Hall–Kier alpha value is -1.33. The lowest BCUT2D eigenvalue weighted by Gasteiger charge is -2.06. The number of benzene rings is 1. The summed E-state index contributed by atoms with van der Waals surface area (Å²) in [7, 11) is 0. The van der Waals surface area contributed by atoms with E-state index in [4.69, 9.17) is 0 Å². The normalized spacial score (nSPS) is 10.2. The summed E-state index contributed by atoms with van der Waals surface area (Å²) in [4.78, 5) is 17.0. The van der Waals surface area contributed by atoms with Gasteiger partial charge in [0.25, 0.3) is 0 Å². The van der Waals surface area contributed by atoms with Crippen LogP contribution < -0.4 is 5.32 Å². The molecule has 0 fully saturated rings. The van der Waals surface area contributed by atoms with Gasteiger partial charge in [-0.2, -0.15) is 0 Å². The number of halogens is 1. The van der Waals surface area contributed by atoms with Crippen LogP contribution in [0.5, 0.6) is 0 Å². The summed E-state index contributed by atoms with van der Waals surface area (Å²) >= 11 is 4.84. The van der Waals surface area contributed by atoms with Gasteiger partial charge in [-0.05, 0) is 46.6 Å². The first kappa shape index (κ1) is 14.1. The van der Waals surface area contributed by atoms with Crippen LogP contribution in [0.15, 0.2) is 52.1 Å². The van der Waals surface area contributed by atoms with Crippen molar-refractivity contribution in [3.8, 4) is 0 Å². The molecule has 3 nitrogen and oxygen atoms in total. The molecule has 0 radical (unpaired) electrons. The molecule has 0 aliphatic rings. The van der Waals surface area contributed by atoms with E-state index in [9.17, 15) is 4.79 Å². The molecule has 1 amide bonds. The minimum Gasteiger partial charge on any atom is -0.324 e. The van der Waals surface area contributed by atoms with E-state index in [0.717, 1.165) is 20.7 Å². The number of aryl methyl sites for hydroxylation is 1. The van der Waals surface area contributed by atoms with Crippen LogP contribution in [-0.4, -0.2) is 16.6 Å². The molecule has 0 saturated carbocycles. The fraction of sp³-hybridized carbons (Fsp3) is 0.143. The van der Waals surface area contributed by atoms with Gasteiger partial charge in [0.1, 0.15) is 4.60 Å². The first-order valence-electron chi connectivity index (χ1n) is 5.75. The highest BCUT2D eigenvalue weighted by Crippen LogP contribution is 2.19. The molecule has 1 N–H and O–H groups in total. The number of carbonyl (C=O) groups excluding carboxylic acids is 1. The monoisotopic (exact) mass is 336 g/mol. The molecule has 0 aliphatic carbocycles. The number of rotatable bonds is 4. The van der Waals surface area contributed by atoms with Gasteiger partial charge in [0, 0.05) is 4.90 Å². The summed E-state index contributed by atoms with van der Waals surface area (Å²) in [6.07, 6.45) is 1.64.